The molecule has 3 rings (SSSR count). The van der Waals surface area contributed by atoms with Gasteiger partial charge in [-0.1, -0.05) is 41.9 Å². The number of sulfonamides is 1. The molecule has 0 saturated carbocycles. The van der Waals surface area contributed by atoms with E-state index in [9.17, 15) is 13.2 Å². The summed E-state index contributed by atoms with van der Waals surface area (Å²) in [6.07, 6.45) is 0. The van der Waals surface area contributed by atoms with E-state index in [4.69, 9.17) is 16.3 Å². The van der Waals surface area contributed by atoms with E-state index < -0.39 is 10.0 Å². The summed E-state index contributed by atoms with van der Waals surface area (Å²) in [5.41, 5.74) is 2.91. The average Bonchev–Trinajstić information content (AvgIpc) is 2.75. The topological polar surface area (TPSA) is 84.5 Å². The van der Waals surface area contributed by atoms with Gasteiger partial charge in [-0.05, 0) is 55.8 Å². The first-order chi connectivity index (χ1) is 14.8. The van der Waals surface area contributed by atoms with Crippen LogP contribution in [-0.2, 0) is 16.6 Å². The molecule has 0 spiro atoms. The fraction of sp³-hybridized carbons (Fsp3) is 0.174. The fourth-order valence-electron chi connectivity index (χ4n) is 2.85. The van der Waals surface area contributed by atoms with Crippen molar-refractivity contribution in [1.82, 2.24) is 0 Å². The predicted molar refractivity (Wildman–Crippen MR) is 124 cm³/mol. The monoisotopic (exact) mass is 458 g/mol. The molecule has 0 aliphatic heterocycles. The number of carbonyl (C=O) groups excluding carboxylic acids is 1. The molecule has 0 atom stereocenters. The van der Waals surface area contributed by atoms with Crippen LogP contribution in [0.3, 0.4) is 0 Å². The minimum atomic E-state index is -3.38. The van der Waals surface area contributed by atoms with Crippen molar-refractivity contribution in [1.29, 1.82) is 0 Å². The smallest absolute Gasteiger partial charge is 0.259 e. The summed E-state index contributed by atoms with van der Waals surface area (Å²) in [4.78, 5) is 12.9. The normalized spacial score (nSPS) is 11.1. The number of rotatable bonds is 8. The minimum Gasteiger partial charge on any atom is -0.488 e. The van der Waals surface area contributed by atoms with E-state index in [1.54, 1.807) is 62.4 Å². The van der Waals surface area contributed by atoms with Crippen LogP contribution in [-0.4, -0.2) is 20.1 Å². The summed E-state index contributed by atoms with van der Waals surface area (Å²) in [5.74, 6) is 0.0793. The summed E-state index contributed by atoms with van der Waals surface area (Å²) in [6.45, 7) is 3.57. The number of carbonyl (C=O) groups is 1. The Bertz CT molecular complexity index is 1200. The second-order valence-corrected chi connectivity index (χ2v) is 9.28. The van der Waals surface area contributed by atoms with E-state index in [1.165, 1.54) is 0 Å². The van der Waals surface area contributed by atoms with Gasteiger partial charge in [0, 0.05) is 16.3 Å². The van der Waals surface area contributed by atoms with Crippen molar-refractivity contribution in [3.8, 4) is 5.75 Å². The molecule has 0 heterocycles. The number of hydrogen-bond donors (Lipinski definition) is 2. The lowest BCUT2D eigenvalue weighted by atomic mass is 10.1. The molecule has 0 unspecified atom stereocenters. The fourth-order valence-corrected chi connectivity index (χ4v) is 3.74. The lowest BCUT2D eigenvalue weighted by Gasteiger charge is -2.14. The summed E-state index contributed by atoms with van der Waals surface area (Å²) in [6, 6.07) is 19.3. The second-order valence-electron chi connectivity index (χ2n) is 6.87. The van der Waals surface area contributed by atoms with Crippen molar-refractivity contribution in [2.24, 2.45) is 0 Å². The van der Waals surface area contributed by atoms with Crippen LogP contribution in [0, 0.1) is 6.92 Å². The van der Waals surface area contributed by atoms with Crippen LogP contribution in [0.5, 0.6) is 5.75 Å². The van der Waals surface area contributed by atoms with Gasteiger partial charge in [0.25, 0.3) is 5.91 Å². The Morgan fingerprint density at radius 3 is 2.45 bits per heavy atom. The van der Waals surface area contributed by atoms with Crippen molar-refractivity contribution < 1.29 is 17.9 Å². The van der Waals surface area contributed by atoms with Crippen LogP contribution < -0.4 is 14.8 Å². The summed E-state index contributed by atoms with van der Waals surface area (Å²) in [5, 5.41) is 3.43. The lowest BCUT2D eigenvalue weighted by molar-refractivity contribution is 0.102. The van der Waals surface area contributed by atoms with E-state index in [1.807, 2.05) is 18.2 Å². The maximum atomic E-state index is 12.9. The molecule has 162 valence electrons. The van der Waals surface area contributed by atoms with Crippen molar-refractivity contribution in [3.05, 3.63) is 88.4 Å². The van der Waals surface area contributed by atoms with Gasteiger partial charge in [-0.15, -0.1) is 0 Å². The molecule has 1 amide bonds. The number of nitrogens with one attached hydrogen (secondary N) is 2. The molecule has 3 aromatic carbocycles. The average molecular weight is 459 g/mol. The molecule has 0 fully saturated rings. The van der Waals surface area contributed by atoms with Crippen molar-refractivity contribution in [2.45, 2.75) is 20.5 Å². The number of hydrogen-bond acceptors (Lipinski definition) is 4. The molecular weight excluding hydrogens is 436 g/mol. The van der Waals surface area contributed by atoms with Crippen LogP contribution in [0.4, 0.5) is 11.4 Å². The molecular formula is C23H23ClN2O4S. The zero-order valence-corrected chi connectivity index (χ0v) is 18.8. The van der Waals surface area contributed by atoms with E-state index in [-0.39, 0.29) is 18.3 Å². The quantitative estimate of drug-likeness (QED) is 0.483. The molecule has 2 N–H and O–H groups in total. The maximum absolute atomic E-state index is 12.9. The number of anilines is 2. The van der Waals surface area contributed by atoms with Gasteiger partial charge in [0.15, 0.2) is 0 Å². The lowest BCUT2D eigenvalue weighted by Crippen LogP contribution is -2.16. The van der Waals surface area contributed by atoms with Crippen molar-refractivity contribution in [3.63, 3.8) is 0 Å². The van der Waals surface area contributed by atoms with Crippen molar-refractivity contribution >= 4 is 38.9 Å². The highest BCUT2D eigenvalue weighted by Crippen LogP contribution is 2.25. The van der Waals surface area contributed by atoms with E-state index >= 15 is 0 Å². The number of halogens is 1. The molecule has 0 saturated heterocycles. The van der Waals surface area contributed by atoms with E-state index in [0.29, 0.717) is 33.3 Å². The highest BCUT2D eigenvalue weighted by molar-refractivity contribution is 7.92. The number of amides is 1. The van der Waals surface area contributed by atoms with Gasteiger partial charge >= 0.3 is 0 Å². The molecule has 0 aliphatic rings. The van der Waals surface area contributed by atoms with Gasteiger partial charge in [0.1, 0.15) is 12.4 Å². The Kier molecular flexibility index (Phi) is 7.20. The maximum Gasteiger partial charge on any atom is 0.259 e. The Hall–Kier alpha value is -3.03. The third-order valence-corrected chi connectivity index (χ3v) is 6.26. The molecule has 6 nitrogen and oxygen atoms in total. The Morgan fingerprint density at radius 2 is 1.74 bits per heavy atom. The largest absolute Gasteiger partial charge is 0.488 e. The molecule has 8 heteroatoms. The summed E-state index contributed by atoms with van der Waals surface area (Å²) in [7, 11) is -3.38. The third-order valence-electron chi connectivity index (χ3n) is 4.60. The minimum absolute atomic E-state index is 0.0180. The first kappa shape index (κ1) is 22.7. The summed E-state index contributed by atoms with van der Waals surface area (Å²) < 4.78 is 32.0. The molecule has 3 aromatic rings. The third kappa shape index (κ3) is 5.99. The number of benzene rings is 3. The van der Waals surface area contributed by atoms with Gasteiger partial charge < -0.3 is 10.1 Å². The van der Waals surface area contributed by atoms with Gasteiger partial charge in [-0.25, -0.2) is 8.42 Å². The molecule has 0 aromatic heterocycles. The van der Waals surface area contributed by atoms with Gasteiger partial charge in [-0.3, -0.25) is 9.52 Å². The molecule has 0 aliphatic carbocycles. The first-order valence-electron chi connectivity index (χ1n) is 9.67. The van der Waals surface area contributed by atoms with Crippen molar-refractivity contribution in [2.75, 3.05) is 15.8 Å². The number of ether oxygens (including phenoxy) is 1. The number of aryl methyl sites for hydroxylation is 1. The molecule has 31 heavy (non-hydrogen) atoms. The zero-order valence-electron chi connectivity index (χ0n) is 17.2. The van der Waals surface area contributed by atoms with Crippen LogP contribution in [0.15, 0.2) is 66.7 Å². The Balaban J connectivity index is 1.74. The summed E-state index contributed by atoms with van der Waals surface area (Å²) >= 11 is 6.17. The number of para-hydroxylation sites is 1. The van der Waals surface area contributed by atoms with Gasteiger partial charge in [0.05, 0.1) is 17.0 Å². The first-order valence-corrected chi connectivity index (χ1v) is 11.7. The standard InChI is InChI=1S/C23H23ClN2O4S/c1-3-31(28,29)26-21-13-12-18(14-16(21)2)25-23(27)19-9-5-7-11-22(19)30-15-17-8-4-6-10-20(17)24/h4-14,26H,3,15H2,1-2H3,(H,25,27). The van der Waals surface area contributed by atoms with Crippen LogP contribution >= 0.6 is 11.6 Å². The van der Waals surface area contributed by atoms with E-state index in [0.717, 1.165) is 5.56 Å². The Morgan fingerprint density at radius 1 is 1.03 bits per heavy atom. The van der Waals surface area contributed by atoms with Gasteiger partial charge in [0.2, 0.25) is 10.0 Å². The van der Waals surface area contributed by atoms with Crippen LogP contribution in [0.1, 0.15) is 28.4 Å². The van der Waals surface area contributed by atoms with E-state index in [2.05, 4.69) is 10.0 Å². The molecule has 0 bridgehead atoms. The zero-order chi connectivity index (χ0) is 22.4. The highest BCUT2D eigenvalue weighted by Gasteiger charge is 2.14. The van der Waals surface area contributed by atoms with Crippen LogP contribution in [0.25, 0.3) is 0 Å². The predicted octanol–water partition coefficient (Wildman–Crippen LogP) is 5.24. The van der Waals surface area contributed by atoms with Crippen LogP contribution in [0.2, 0.25) is 5.02 Å². The van der Waals surface area contributed by atoms with Gasteiger partial charge in [-0.2, -0.15) is 0 Å². The highest BCUT2D eigenvalue weighted by atomic mass is 35.5. The second kappa shape index (κ2) is 9.85. The molecule has 0 radical (unpaired) electrons. The SMILES string of the molecule is CCS(=O)(=O)Nc1ccc(NC(=O)c2ccccc2OCc2ccccc2Cl)cc1C. The Labute approximate surface area is 187 Å².